The van der Waals surface area contributed by atoms with Crippen molar-refractivity contribution in [3.05, 3.63) is 24.3 Å². The largest absolute Gasteiger partial charge is 0.397 e. The molecule has 0 aliphatic carbocycles. The highest BCUT2D eigenvalue weighted by Gasteiger charge is 1.86. The van der Waals surface area contributed by atoms with Crippen LogP contribution in [0.3, 0.4) is 0 Å². The van der Waals surface area contributed by atoms with Gasteiger partial charge in [-0.15, -0.1) is 0 Å². The zero-order valence-corrected chi connectivity index (χ0v) is 4.06. The zero-order chi connectivity index (χ0) is 6.85. The Morgan fingerprint density at radius 2 is 2.62 bits per heavy atom. The summed E-state index contributed by atoms with van der Waals surface area (Å²) in [4.78, 5) is 3.34. The van der Waals surface area contributed by atoms with Gasteiger partial charge in [0.25, 0.3) is 0 Å². The molecule has 0 amide bonds. The van der Waals surface area contributed by atoms with Crippen LogP contribution in [0.15, 0.2) is 18.4 Å². The molecule has 0 fully saturated rings. The topological polar surface area (TPSA) is 38.9 Å². The molecule has 0 radical (unpaired) electrons. The second-order valence-electron chi connectivity index (χ2n) is 1.35. The van der Waals surface area contributed by atoms with E-state index in [1.807, 2.05) is 0 Å². The molecule has 42 valence electrons. The van der Waals surface area contributed by atoms with E-state index in [2.05, 4.69) is 4.98 Å². The Morgan fingerprint density at radius 3 is 3.12 bits per heavy atom. The predicted molar refractivity (Wildman–Crippen MR) is 28.6 cm³/mol. The van der Waals surface area contributed by atoms with Gasteiger partial charge >= 0.3 is 0 Å². The summed E-state index contributed by atoms with van der Waals surface area (Å²) < 4.78 is 19.0. The lowest BCUT2D eigenvalue weighted by molar-refractivity contribution is 0.622. The molecule has 3 heteroatoms. The highest BCUT2D eigenvalue weighted by atomic mass is 19.1. The SMILES string of the molecule is [2H]c1ncc(F)cc1N. The van der Waals surface area contributed by atoms with E-state index in [4.69, 9.17) is 7.10 Å². The number of nitrogens with two attached hydrogens (primary N) is 1. The van der Waals surface area contributed by atoms with E-state index < -0.39 is 5.82 Å². The molecule has 1 rings (SSSR count). The Kier molecular flexibility index (Phi) is 0.850. The van der Waals surface area contributed by atoms with E-state index in [1.165, 1.54) is 0 Å². The molecule has 2 nitrogen and oxygen atoms in total. The summed E-state index contributed by atoms with van der Waals surface area (Å²) in [6.07, 6.45) is 0.870. The maximum Gasteiger partial charge on any atom is 0.143 e. The van der Waals surface area contributed by atoms with Crippen LogP contribution in [0.4, 0.5) is 10.1 Å². The Morgan fingerprint density at radius 1 is 1.88 bits per heavy atom. The van der Waals surface area contributed by atoms with Crippen molar-refractivity contribution in [2.24, 2.45) is 0 Å². The fraction of sp³-hybridized carbons (Fsp3) is 0. The minimum atomic E-state index is -0.511. The van der Waals surface area contributed by atoms with Crippen molar-refractivity contribution in [1.29, 1.82) is 0 Å². The number of rotatable bonds is 0. The first-order valence-electron chi connectivity index (χ1n) is 2.58. The van der Waals surface area contributed by atoms with Gasteiger partial charge in [-0.2, -0.15) is 0 Å². The van der Waals surface area contributed by atoms with Crippen molar-refractivity contribution in [3.63, 3.8) is 0 Å². The molecule has 1 aromatic rings. The van der Waals surface area contributed by atoms with E-state index in [0.717, 1.165) is 12.3 Å². The van der Waals surface area contributed by atoms with Crippen molar-refractivity contribution < 1.29 is 5.76 Å². The highest BCUT2D eigenvalue weighted by molar-refractivity contribution is 5.33. The first-order valence-corrected chi connectivity index (χ1v) is 2.08. The van der Waals surface area contributed by atoms with Crippen molar-refractivity contribution in [1.82, 2.24) is 4.98 Å². The number of halogens is 1. The Hall–Kier alpha value is -1.12. The van der Waals surface area contributed by atoms with Gasteiger partial charge in [0.1, 0.15) is 5.82 Å². The zero-order valence-electron chi connectivity index (χ0n) is 5.06. The van der Waals surface area contributed by atoms with Gasteiger partial charge in [-0.05, 0) is 6.07 Å². The smallest absolute Gasteiger partial charge is 0.143 e. The molecular weight excluding hydrogens is 107 g/mol. The van der Waals surface area contributed by atoms with E-state index in [0.29, 0.717) is 0 Å². The third-order valence-corrected chi connectivity index (χ3v) is 0.675. The van der Waals surface area contributed by atoms with Gasteiger partial charge in [0, 0.05) is 6.17 Å². The number of hydrogen-bond acceptors (Lipinski definition) is 2. The third-order valence-electron chi connectivity index (χ3n) is 0.675. The predicted octanol–water partition coefficient (Wildman–Crippen LogP) is 0.803. The summed E-state index contributed by atoms with van der Waals surface area (Å²) in [5, 5.41) is 0. The highest BCUT2D eigenvalue weighted by Crippen LogP contribution is 1.99. The number of nitrogen functional groups attached to an aromatic ring is 1. The van der Waals surface area contributed by atoms with E-state index in [1.54, 1.807) is 0 Å². The van der Waals surface area contributed by atoms with Crippen LogP contribution in [-0.4, -0.2) is 4.98 Å². The molecule has 0 aromatic carbocycles. The van der Waals surface area contributed by atoms with Crippen LogP contribution in [0, 0.1) is 5.82 Å². The number of hydrogen-bond donors (Lipinski definition) is 1. The van der Waals surface area contributed by atoms with Gasteiger partial charge in [-0.25, -0.2) is 4.39 Å². The first kappa shape index (κ1) is 3.83. The van der Waals surface area contributed by atoms with Crippen LogP contribution in [0.25, 0.3) is 0 Å². The average molecular weight is 113 g/mol. The maximum absolute atomic E-state index is 12.1. The van der Waals surface area contributed by atoms with Crippen molar-refractivity contribution in [3.8, 4) is 0 Å². The molecule has 0 unspecified atom stereocenters. The molecule has 0 saturated carbocycles. The van der Waals surface area contributed by atoms with Gasteiger partial charge in [-0.1, -0.05) is 0 Å². The van der Waals surface area contributed by atoms with Gasteiger partial charge in [0.15, 0.2) is 0 Å². The maximum atomic E-state index is 12.1. The molecule has 0 bridgehead atoms. The second-order valence-corrected chi connectivity index (χ2v) is 1.35. The molecule has 1 heterocycles. The summed E-state index contributed by atoms with van der Waals surface area (Å²) in [5.74, 6) is -0.511. The van der Waals surface area contributed by atoms with Gasteiger partial charge in [-0.3, -0.25) is 4.98 Å². The van der Waals surface area contributed by atoms with Gasteiger partial charge in [0.2, 0.25) is 0 Å². The van der Waals surface area contributed by atoms with Crippen LogP contribution in [0.5, 0.6) is 0 Å². The summed E-state index contributed by atoms with van der Waals surface area (Å²) in [6, 6.07) is 1.06. The van der Waals surface area contributed by atoms with Gasteiger partial charge < -0.3 is 5.73 Å². The van der Waals surface area contributed by atoms with E-state index >= 15 is 0 Å². The first-order chi connectivity index (χ1) is 4.20. The lowest BCUT2D eigenvalue weighted by Gasteiger charge is -1.87. The van der Waals surface area contributed by atoms with Crippen LogP contribution in [0.1, 0.15) is 1.37 Å². The molecule has 1 aromatic heterocycles. The molecule has 0 aliphatic rings. The Balaban J connectivity index is 3.17. The minimum Gasteiger partial charge on any atom is -0.397 e. The summed E-state index contributed by atoms with van der Waals surface area (Å²) in [5.41, 5.74) is 5.20. The fourth-order valence-corrected chi connectivity index (χ4v) is 0.387. The van der Waals surface area contributed by atoms with Crippen molar-refractivity contribution in [2.75, 3.05) is 5.73 Å². The molecule has 0 aliphatic heterocycles. The summed E-state index contributed by atoms with van der Waals surface area (Å²) >= 11 is 0. The normalized spacial score (nSPS) is 10.9. The molecule has 0 spiro atoms. The Bertz CT molecular complexity index is 226. The lowest BCUT2D eigenvalue weighted by atomic mass is 10.4. The van der Waals surface area contributed by atoms with Crippen molar-refractivity contribution in [2.45, 2.75) is 0 Å². The minimum absolute atomic E-state index is 0.0648. The second kappa shape index (κ2) is 1.78. The molecule has 0 atom stereocenters. The van der Waals surface area contributed by atoms with Crippen LogP contribution in [-0.2, 0) is 0 Å². The van der Waals surface area contributed by atoms with Crippen LogP contribution in [0.2, 0.25) is 0 Å². The number of aromatic nitrogens is 1. The Labute approximate surface area is 47.6 Å². The molecule has 2 N–H and O–H groups in total. The monoisotopic (exact) mass is 113 g/mol. The molecular formula is C5H5FN2. The average Bonchev–Trinajstić information content (AvgIpc) is 1.80. The quantitative estimate of drug-likeness (QED) is 0.540. The third kappa shape index (κ3) is 0.932. The van der Waals surface area contributed by atoms with Crippen molar-refractivity contribution >= 4 is 5.69 Å². The summed E-state index contributed by atoms with van der Waals surface area (Å²) in [6.45, 7) is 0. The summed E-state index contributed by atoms with van der Waals surface area (Å²) in [7, 11) is 0. The lowest BCUT2D eigenvalue weighted by Crippen LogP contribution is -1.86. The number of nitrogens with zero attached hydrogens (tertiary/aromatic N) is 1. The number of pyridine rings is 1. The number of anilines is 1. The van der Waals surface area contributed by atoms with Crippen LogP contribution < -0.4 is 5.73 Å². The van der Waals surface area contributed by atoms with E-state index in [9.17, 15) is 4.39 Å². The molecule has 8 heavy (non-hydrogen) atoms. The van der Waals surface area contributed by atoms with Crippen LogP contribution >= 0.6 is 0 Å². The standard InChI is InChI=1S/C5H5FN2/c6-4-1-5(7)3-8-2-4/h1-3H,7H2/i3D. The van der Waals surface area contributed by atoms with E-state index in [-0.39, 0.29) is 11.9 Å². The van der Waals surface area contributed by atoms with Gasteiger partial charge in [0.05, 0.1) is 13.3 Å². The fourth-order valence-electron chi connectivity index (χ4n) is 0.387. The molecule has 0 saturated heterocycles.